The molecule has 18 heavy (non-hydrogen) atoms. The second-order valence-corrected chi connectivity index (χ2v) is 5.66. The van der Waals surface area contributed by atoms with Crippen LogP contribution in [0.1, 0.15) is 32.8 Å². The van der Waals surface area contributed by atoms with Crippen molar-refractivity contribution in [3.63, 3.8) is 0 Å². The highest BCUT2D eigenvalue weighted by molar-refractivity contribution is 5.54. The molecule has 1 atom stereocenters. The number of anilines is 1. The van der Waals surface area contributed by atoms with Gasteiger partial charge in [0.1, 0.15) is 0 Å². The molecule has 0 spiro atoms. The number of nitriles is 1. The molecule has 0 bridgehead atoms. The van der Waals surface area contributed by atoms with Gasteiger partial charge < -0.3 is 10.2 Å². The average molecular weight is 243 g/mol. The van der Waals surface area contributed by atoms with Crippen molar-refractivity contribution < 1.29 is 0 Å². The van der Waals surface area contributed by atoms with Gasteiger partial charge in [0.25, 0.3) is 0 Å². The Bertz CT molecular complexity index is 459. The number of rotatable bonds is 1. The summed E-state index contributed by atoms with van der Waals surface area (Å²) in [7, 11) is 0. The van der Waals surface area contributed by atoms with E-state index in [-0.39, 0.29) is 5.54 Å². The van der Waals surface area contributed by atoms with Gasteiger partial charge in [0.15, 0.2) is 0 Å². The zero-order valence-electron chi connectivity index (χ0n) is 11.4. The van der Waals surface area contributed by atoms with Crippen LogP contribution in [0.4, 0.5) is 5.69 Å². The first-order valence-electron chi connectivity index (χ1n) is 6.55. The summed E-state index contributed by atoms with van der Waals surface area (Å²) in [5, 5.41) is 12.5. The Hall–Kier alpha value is -1.53. The molecule has 1 aliphatic heterocycles. The second kappa shape index (κ2) is 4.99. The van der Waals surface area contributed by atoms with Gasteiger partial charge in [-0.25, -0.2) is 0 Å². The fourth-order valence-electron chi connectivity index (χ4n) is 2.85. The van der Waals surface area contributed by atoms with E-state index in [1.165, 1.54) is 0 Å². The van der Waals surface area contributed by atoms with Crippen molar-refractivity contribution in [1.82, 2.24) is 5.32 Å². The minimum Gasteiger partial charge on any atom is -0.362 e. The monoisotopic (exact) mass is 243 g/mol. The number of hydrogen-bond donors (Lipinski definition) is 1. The molecular formula is C15H21N3. The summed E-state index contributed by atoms with van der Waals surface area (Å²) in [6.45, 7) is 8.78. The summed E-state index contributed by atoms with van der Waals surface area (Å²) in [5.74, 6) is 0. The van der Waals surface area contributed by atoms with Gasteiger partial charge in [-0.05, 0) is 51.9 Å². The Morgan fingerprint density at radius 2 is 2.22 bits per heavy atom. The van der Waals surface area contributed by atoms with E-state index in [4.69, 9.17) is 5.26 Å². The van der Waals surface area contributed by atoms with Crippen molar-refractivity contribution in [3.8, 4) is 6.07 Å². The van der Waals surface area contributed by atoms with Gasteiger partial charge in [0.05, 0.1) is 11.6 Å². The first kappa shape index (κ1) is 12.9. The normalized spacial score (nSPS) is 23.2. The quantitative estimate of drug-likeness (QED) is 0.823. The predicted octanol–water partition coefficient (Wildman–Crippen LogP) is 2.53. The summed E-state index contributed by atoms with van der Waals surface area (Å²) in [6.07, 6.45) is 1.13. The molecule has 1 fully saturated rings. The maximum atomic E-state index is 9.03. The Morgan fingerprint density at radius 1 is 1.44 bits per heavy atom. The van der Waals surface area contributed by atoms with Crippen molar-refractivity contribution in [2.24, 2.45) is 0 Å². The highest BCUT2D eigenvalue weighted by Crippen LogP contribution is 2.29. The van der Waals surface area contributed by atoms with Crippen LogP contribution in [0.25, 0.3) is 0 Å². The van der Waals surface area contributed by atoms with Gasteiger partial charge in [0.2, 0.25) is 0 Å². The van der Waals surface area contributed by atoms with E-state index in [1.807, 2.05) is 18.2 Å². The smallest absolute Gasteiger partial charge is 0.0992 e. The number of nitrogens with zero attached hydrogens (tertiary/aromatic N) is 2. The maximum absolute atomic E-state index is 9.03. The van der Waals surface area contributed by atoms with E-state index in [0.29, 0.717) is 6.04 Å². The Balaban J connectivity index is 2.41. The zero-order chi connectivity index (χ0) is 13.2. The third-order valence-corrected chi connectivity index (χ3v) is 3.64. The topological polar surface area (TPSA) is 39.1 Å². The first-order valence-corrected chi connectivity index (χ1v) is 6.55. The van der Waals surface area contributed by atoms with Crippen LogP contribution in [0, 0.1) is 11.3 Å². The van der Waals surface area contributed by atoms with Gasteiger partial charge in [-0.15, -0.1) is 0 Å². The van der Waals surface area contributed by atoms with Crippen LogP contribution in [0.3, 0.4) is 0 Å². The highest BCUT2D eigenvalue weighted by atomic mass is 15.2. The molecule has 0 amide bonds. The van der Waals surface area contributed by atoms with Gasteiger partial charge in [-0.3, -0.25) is 0 Å². The van der Waals surface area contributed by atoms with E-state index < -0.39 is 0 Å². The summed E-state index contributed by atoms with van der Waals surface area (Å²) >= 11 is 0. The second-order valence-electron chi connectivity index (χ2n) is 5.66. The molecule has 0 radical (unpaired) electrons. The summed E-state index contributed by atoms with van der Waals surface area (Å²) in [6, 6.07) is 10.6. The lowest BCUT2D eigenvalue weighted by Crippen LogP contribution is -2.52. The van der Waals surface area contributed by atoms with Crippen LogP contribution >= 0.6 is 0 Å². The third-order valence-electron chi connectivity index (χ3n) is 3.64. The molecule has 2 rings (SSSR count). The molecule has 1 N–H and O–H groups in total. The summed E-state index contributed by atoms with van der Waals surface area (Å²) in [4.78, 5) is 2.44. The van der Waals surface area contributed by atoms with Crippen molar-refractivity contribution in [2.45, 2.75) is 38.8 Å². The lowest BCUT2D eigenvalue weighted by atomic mass is 9.99. The molecule has 0 saturated carbocycles. The van der Waals surface area contributed by atoms with Gasteiger partial charge in [0, 0.05) is 23.8 Å². The molecule has 1 saturated heterocycles. The molecule has 96 valence electrons. The van der Waals surface area contributed by atoms with E-state index >= 15 is 0 Å². The third kappa shape index (κ3) is 2.49. The van der Waals surface area contributed by atoms with E-state index in [1.54, 1.807) is 0 Å². The van der Waals surface area contributed by atoms with Gasteiger partial charge in [-0.2, -0.15) is 5.26 Å². The molecule has 3 heteroatoms. The summed E-state index contributed by atoms with van der Waals surface area (Å²) < 4.78 is 0. The van der Waals surface area contributed by atoms with Crippen molar-refractivity contribution >= 4 is 5.69 Å². The van der Waals surface area contributed by atoms with E-state index in [2.05, 4.69) is 43.1 Å². The molecule has 1 aromatic rings. The molecule has 1 unspecified atom stereocenters. The van der Waals surface area contributed by atoms with Crippen LogP contribution in [0.5, 0.6) is 0 Å². The SMILES string of the molecule is CC1CCNCC(C)(C)N1c1cccc(C#N)c1. The fraction of sp³-hybridized carbons (Fsp3) is 0.533. The molecule has 3 nitrogen and oxygen atoms in total. The fourth-order valence-corrected chi connectivity index (χ4v) is 2.85. The molecule has 1 aromatic carbocycles. The molecule has 0 aliphatic carbocycles. The Morgan fingerprint density at radius 3 is 2.94 bits per heavy atom. The summed E-state index contributed by atoms with van der Waals surface area (Å²) in [5.41, 5.74) is 1.94. The minimum absolute atomic E-state index is 0.0595. The van der Waals surface area contributed by atoms with Gasteiger partial charge in [-0.1, -0.05) is 6.07 Å². The lowest BCUT2D eigenvalue weighted by molar-refractivity contribution is 0.433. The number of nitrogens with one attached hydrogen (secondary N) is 1. The molecule has 0 aromatic heterocycles. The van der Waals surface area contributed by atoms with E-state index in [9.17, 15) is 0 Å². The molecule has 1 aliphatic rings. The average Bonchev–Trinajstić information content (AvgIpc) is 2.47. The number of hydrogen-bond acceptors (Lipinski definition) is 3. The van der Waals surface area contributed by atoms with Crippen molar-refractivity contribution in [3.05, 3.63) is 29.8 Å². The standard InChI is InChI=1S/C15H21N3/c1-12-7-8-17-11-15(2,3)18(12)14-6-4-5-13(9-14)10-16/h4-6,9,12,17H,7-8,11H2,1-3H3. The van der Waals surface area contributed by atoms with Crippen LogP contribution in [0.2, 0.25) is 0 Å². The van der Waals surface area contributed by atoms with Crippen LogP contribution in [-0.4, -0.2) is 24.7 Å². The highest BCUT2D eigenvalue weighted by Gasteiger charge is 2.32. The molecule has 1 heterocycles. The largest absolute Gasteiger partial charge is 0.362 e. The van der Waals surface area contributed by atoms with Crippen LogP contribution in [0.15, 0.2) is 24.3 Å². The predicted molar refractivity (Wildman–Crippen MR) is 74.7 cm³/mol. The van der Waals surface area contributed by atoms with Crippen LogP contribution < -0.4 is 10.2 Å². The minimum atomic E-state index is 0.0595. The maximum Gasteiger partial charge on any atom is 0.0992 e. The molecular weight excluding hydrogens is 222 g/mol. The van der Waals surface area contributed by atoms with Crippen molar-refractivity contribution in [1.29, 1.82) is 5.26 Å². The first-order chi connectivity index (χ1) is 8.54. The zero-order valence-corrected chi connectivity index (χ0v) is 11.4. The van der Waals surface area contributed by atoms with Gasteiger partial charge >= 0.3 is 0 Å². The Kier molecular flexibility index (Phi) is 3.58. The van der Waals surface area contributed by atoms with Crippen LogP contribution in [-0.2, 0) is 0 Å². The number of benzene rings is 1. The van der Waals surface area contributed by atoms with Crippen molar-refractivity contribution in [2.75, 3.05) is 18.0 Å². The lowest BCUT2D eigenvalue weighted by Gasteiger charge is -2.42. The van der Waals surface area contributed by atoms with E-state index in [0.717, 1.165) is 30.8 Å². The Labute approximate surface area is 109 Å².